The van der Waals surface area contributed by atoms with Crippen molar-refractivity contribution in [3.63, 3.8) is 0 Å². The molecule has 1 aliphatic rings. The minimum atomic E-state index is 0.262. The summed E-state index contributed by atoms with van der Waals surface area (Å²) in [6.07, 6.45) is 2.83. The highest BCUT2D eigenvalue weighted by atomic mass is 35.5. The number of rotatable bonds is 2. The predicted molar refractivity (Wildman–Crippen MR) is 72.6 cm³/mol. The standard InChI is InChI=1S/C13H12ClN5/c1-7-5-11(19-18-7)16-13-9-4-2-3-8(9)10(6-15)12(14)17-13/h5H,2-4H2,1H3,(H2,16,17,18,19). The molecule has 0 spiro atoms. The number of aryl methyl sites for hydroxylation is 1. The van der Waals surface area contributed by atoms with E-state index >= 15 is 0 Å². The minimum Gasteiger partial charge on any atom is -0.323 e. The summed E-state index contributed by atoms with van der Waals surface area (Å²) in [5.41, 5.74) is 3.59. The van der Waals surface area contributed by atoms with Crippen LogP contribution >= 0.6 is 11.6 Å². The molecule has 1 aliphatic carbocycles. The van der Waals surface area contributed by atoms with Crippen molar-refractivity contribution in [3.8, 4) is 6.07 Å². The maximum absolute atomic E-state index is 9.15. The van der Waals surface area contributed by atoms with Gasteiger partial charge in [0.05, 0.1) is 5.56 Å². The number of fused-ring (bicyclic) bond motifs is 1. The topological polar surface area (TPSA) is 77.4 Å². The molecule has 2 aromatic heterocycles. The summed E-state index contributed by atoms with van der Waals surface area (Å²) in [5.74, 6) is 1.42. The Balaban J connectivity index is 2.06. The molecule has 2 N–H and O–H groups in total. The third-order valence-electron chi connectivity index (χ3n) is 3.29. The number of nitrogens with one attached hydrogen (secondary N) is 2. The summed E-state index contributed by atoms with van der Waals surface area (Å²) in [7, 11) is 0. The van der Waals surface area contributed by atoms with Crippen molar-refractivity contribution in [2.45, 2.75) is 26.2 Å². The number of hydrogen-bond donors (Lipinski definition) is 2. The number of aromatic nitrogens is 3. The molecule has 96 valence electrons. The van der Waals surface area contributed by atoms with Crippen molar-refractivity contribution in [1.29, 1.82) is 5.26 Å². The Labute approximate surface area is 115 Å². The first-order chi connectivity index (χ1) is 9.19. The van der Waals surface area contributed by atoms with Crippen LogP contribution in [0.3, 0.4) is 0 Å². The summed E-state index contributed by atoms with van der Waals surface area (Å²) >= 11 is 6.08. The van der Waals surface area contributed by atoms with Crippen LogP contribution in [0, 0.1) is 18.3 Å². The summed E-state index contributed by atoms with van der Waals surface area (Å²) < 4.78 is 0. The maximum atomic E-state index is 9.15. The van der Waals surface area contributed by atoms with E-state index < -0.39 is 0 Å². The molecular weight excluding hydrogens is 262 g/mol. The SMILES string of the molecule is Cc1cc(Nc2nc(Cl)c(C#N)c3c2CCC3)n[nH]1. The van der Waals surface area contributed by atoms with Gasteiger partial charge in [0.15, 0.2) is 5.82 Å². The molecule has 0 aromatic carbocycles. The van der Waals surface area contributed by atoms with Gasteiger partial charge < -0.3 is 5.32 Å². The Morgan fingerprint density at radius 2 is 2.21 bits per heavy atom. The molecular formula is C13H12ClN5. The number of halogens is 1. The largest absolute Gasteiger partial charge is 0.323 e. The number of nitrogens with zero attached hydrogens (tertiary/aromatic N) is 3. The molecule has 3 rings (SSSR count). The Morgan fingerprint density at radius 1 is 1.42 bits per heavy atom. The molecule has 0 atom stereocenters. The van der Waals surface area contributed by atoms with Crippen LogP contribution in [0.2, 0.25) is 5.15 Å². The van der Waals surface area contributed by atoms with Gasteiger partial charge in [0.25, 0.3) is 0 Å². The van der Waals surface area contributed by atoms with E-state index in [1.165, 1.54) is 0 Å². The first-order valence-electron chi connectivity index (χ1n) is 6.09. The molecule has 2 aromatic rings. The lowest BCUT2D eigenvalue weighted by Gasteiger charge is -2.10. The highest BCUT2D eigenvalue weighted by Gasteiger charge is 2.23. The predicted octanol–water partition coefficient (Wildman–Crippen LogP) is 2.87. The second-order valence-corrected chi connectivity index (χ2v) is 4.97. The van der Waals surface area contributed by atoms with Crippen LogP contribution in [0.5, 0.6) is 0 Å². The van der Waals surface area contributed by atoms with Crippen molar-refractivity contribution >= 4 is 23.2 Å². The number of nitriles is 1. The Kier molecular flexibility index (Phi) is 2.88. The van der Waals surface area contributed by atoms with E-state index in [1.807, 2.05) is 13.0 Å². The molecule has 0 saturated heterocycles. The van der Waals surface area contributed by atoms with E-state index in [0.29, 0.717) is 17.2 Å². The maximum Gasteiger partial charge on any atom is 0.153 e. The Bertz CT molecular complexity index is 683. The average Bonchev–Trinajstić information content (AvgIpc) is 2.99. The molecule has 2 heterocycles. The highest BCUT2D eigenvalue weighted by Crippen LogP contribution is 2.34. The van der Waals surface area contributed by atoms with Crippen LogP contribution in [-0.2, 0) is 12.8 Å². The van der Waals surface area contributed by atoms with Crippen LogP contribution in [0.25, 0.3) is 0 Å². The normalized spacial score (nSPS) is 13.1. The fourth-order valence-corrected chi connectivity index (χ4v) is 2.69. The second kappa shape index (κ2) is 4.56. The van der Waals surface area contributed by atoms with Gasteiger partial charge in [-0.1, -0.05) is 11.6 Å². The zero-order valence-electron chi connectivity index (χ0n) is 10.4. The Hall–Kier alpha value is -2.06. The fraction of sp³-hybridized carbons (Fsp3) is 0.308. The van der Waals surface area contributed by atoms with Gasteiger partial charge in [-0.3, -0.25) is 5.10 Å². The van der Waals surface area contributed by atoms with E-state index in [1.54, 1.807) is 0 Å². The number of H-pyrrole nitrogens is 1. The van der Waals surface area contributed by atoms with Gasteiger partial charge in [-0.25, -0.2) is 4.98 Å². The molecule has 0 radical (unpaired) electrons. The van der Waals surface area contributed by atoms with E-state index in [9.17, 15) is 0 Å². The van der Waals surface area contributed by atoms with Crippen LogP contribution in [0.1, 0.15) is 28.8 Å². The summed E-state index contributed by atoms with van der Waals surface area (Å²) in [5, 5.41) is 19.6. The van der Waals surface area contributed by atoms with E-state index in [4.69, 9.17) is 16.9 Å². The second-order valence-electron chi connectivity index (χ2n) is 4.61. The molecule has 6 heteroatoms. The van der Waals surface area contributed by atoms with Crippen molar-refractivity contribution in [2.75, 3.05) is 5.32 Å². The zero-order chi connectivity index (χ0) is 13.4. The minimum absolute atomic E-state index is 0.262. The number of hydrogen-bond acceptors (Lipinski definition) is 4. The van der Waals surface area contributed by atoms with Gasteiger partial charge in [0.2, 0.25) is 0 Å². The van der Waals surface area contributed by atoms with Crippen molar-refractivity contribution in [2.24, 2.45) is 0 Å². The van der Waals surface area contributed by atoms with Gasteiger partial charge in [-0.15, -0.1) is 0 Å². The Morgan fingerprint density at radius 3 is 2.89 bits per heavy atom. The van der Waals surface area contributed by atoms with Crippen LogP contribution in [-0.4, -0.2) is 15.2 Å². The summed E-state index contributed by atoms with van der Waals surface area (Å²) in [6, 6.07) is 4.04. The van der Waals surface area contributed by atoms with Crippen molar-refractivity contribution in [1.82, 2.24) is 15.2 Å². The van der Waals surface area contributed by atoms with Crippen LogP contribution < -0.4 is 5.32 Å². The smallest absolute Gasteiger partial charge is 0.153 e. The molecule has 0 amide bonds. The molecule has 0 aliphatic heterocycles. The van der Waals surface area contributed by atoms with Crippen molar-refractivity contribution < 1.29 is 0 Å². The lowest BCUT2D eigenvalue weighted by Crippen LogP contribution is -2.02. The molecule has 0 unspecified atom stereocenters. The first kappa shape index (κ1) is 12.0. The third kappa shape index (κ3) is 2.04. The number of pyridine rings is 1. The molecule has 0 fully saturated rings. The lowest BCUT2D eigenvalue weighted by molar-refractivity contribution is 0.910. The number of anilines is 2. The van der Waals surface area contributed by atoms with Crippen LogP contribution in [0.15, 0.2) is 6.07 Å². The van der Waals surface area contributed by atoms with Gasteiger partial charge in [0, 0.05) is 11.8 Å². The zero-order valence-corrected chi connectivity index (χ0v) is 11.2. The summed E-state index contributed by atoms with van der Waals surface area (Å²) in [4.78, 5) is 4.30. The average molecular weight is 274 g/mol. The van der Waals surface area contributed by atoms with Gasteiger partial charge in [-0.2, -0.15) is 10.4 Å². The molecule has 0 bridgehead atoms. The molecule has 5 nitrogen and oxygen atoms in total. The highest BCUT2D eigenvalue weighted by molar-refractivity contribution is 6.30. The van der Waals surface area contributed by atoms with Gasteiger partial charge in [-0.05, 0) is 37.3 Å². The van der Waals surface area contributed by atoms with Crippen molar-refractivity contribution in [3.05, 3.63) is 33.6 Å². The van der Waals surface area contributed by atoms with E-state index in [2.05, 4.69) is 26.6 Å². The lowest BCUT2D eigenvalue weighted by atomic mass is 10.1. The summed E-state index contributed by atoms with van der Waals surface area (Å²) in [6.45, 7) is 1.93. The van der Waals surface area contributed by atoms with Gasteiger partial charge in [0.1, 0.15) is 17.0 Å². The molecule has 0 saturated carbocycles. The van der Waals surface area contributed by atoms with E-state index in [0.717, 1.165) is 36.1 Å². The first-order valence-corrected chi connectivity index (χ1v) is 6.47. The van der Waals surface area contributed by atoms with Crippen LogP contribution in [0.4, 0.5) is 11.6 Å². The monoisotopic (exact) mass is 273 g/mol. The third-order valence-corrected chi connectivity index (χ3v) is 3.56. The van der Waals surface area contributed by atoms with Gasteiger partial charge >= 0.3 is 0 Å². The fourth-order valence-electron chi connectivity index (χ4n) is 2.45. The number of aromatic amines is 1. The quantitative estimate of drug-likeness (QED) is 0.825. The molecule has 19 heavy (non-hydrogen) atoms. The van der Waals surface area contributed by atoms with E-state index in [-0.39, 0.29) is 5.15 Å².